The minimum absolute atomic E-state index is 0.0898. The number of ether oxygens (including phenoxy) is 1. The van der Waals surface area contributed by atoms with Crippen molar-refractivity contribution in [1.29, 1.82) is 0 Å². The Bertz CT molecular complexity index is 1330. The van der Waals surface area contributed by atoms with Gasteiger partial charge in [0, 0.05) is 5.54 Å². The van der Waals surface area contributed by atoms with Crippen molar-refractivity contribution in [2.45, 2.75) is 58.2 Å². The molecule has 2 aromatic carbocycles. The molecule has 5 amide bonds. The van der Waals surface area contributed by atoms with Gasteiger partial charge in [0.25, 0.3) is 5.91 Å². The number of urea groups is 1. The van der Waals surface area contributed by atoms with E-state index in [-0.39, 0.29) is 18.0 Å². The molecule has 0 spiro atoms. The van der Waals surface area contributed by atoms with E-state index in [0.29, 0.717) is 11.3 Å². The number of carbonyl (C=O) groups excluding carboxylic acids is 4. The van der Waals surface area contributed by atoms with Crippen molar-refractivity contribution in [2.75, 3.05) is 12.0 Å². The first-order valence-electron chi connectivity index (χ1n) is 12.8. The molecule has 0 N–H and O–H groups in total. The predicted octanol–water partition coefficient (Wildman–Crippen LogP) is 4.54. The molecule has 8 nitrogen and oxygen atoms in total. The van der Waals surface area contributed by atoms with Crippen LogP contribution in [0.2, 0.25) is 0 Å². The SMILES string of the molecule is COc1ccc([C@@H]2[C@@H]3C(=O)N(C(C)(C)C)C(=O)[C@@H]3[C@]3(CC(C)C)C(=O)N(c4cccc(F)c4)C(=O)N23)cc1. The molecule has 200 valence electrons. The van der Waals surface area contributed by atoms with Crippen LogP contribution < -0.4 is 9.64 Å². The average Bonchev–Trinajstić information content (AvgIpc) is 3.36. The van der Waals surface area contributed by atoms with E-state index in [0.717, 1.165) is 11.0 Å². The van der Waals surface area contributed by atoms with E-state index in [2.05, 4.69) is 0 Å². The molecule has 0 radical (unpaired) electrons. The molecule has 4 atom stereocenters. The lowest BCUT2D eigenvalue weighted by atomic mass is 9.74. The van der Waals surface area contributed by atoms with Gasteiger partial charge < -0.3 is 9.64 Å². The van der Waals surface area contributed by atoms with Crippen LogP contribution in [0.15, 0.2) is 48.5 Å². The van der Waals surface area contributed by atoms with Gasteiger partial charge in [-0.1, -0.05) is 32.0 Å². The molecule has 3 saturated heterocycles. The van der Waals surface area contributed by atoms with Crippen molar-refractivity contribution < 1.29 is 28.3 Å². The highest BCUT2D eigenvalue weighted by atomic mass is 19.1. The van der Waals surface area contributed by atoms with Crippen LogP contribution in [0.25, 0.3) is 0 Å². The van der Waals surface area contributed by atoms with Gasteiger partial charge in [-0.15, -0.1) is 0 Å². The summed E-state index contributed by atoms with van der Waals surface area (Å²) in [5.74, 6) is -3.57. The van der Waals surface area contributed by atoms with Gasteiger partial charge in [0.15, 0.2) is 0 Å². The second kappa shape index (κ2) is 8.64. The maximum Gasteiger partial charge on any atom is 0.332 e. The zero-order chi connectivity index (χ0) is 27.7. The number of anilines is 1. The minimum Gasteiger partial charge on any atom is -0.497 e. The number of methoxy groups -OCH3 is 1. The van der Waals surface area contributed by atoms with Crippen LogP contribution in [0.5, 0.6) is 5.75 Å². The molecular formula is C29H32FN3O5. The Kier molecular flexibility index (Phi) is 5.89. The van der Waals surface area contributed by atoms with Crippen molar-refractivity contribution in [2.24, 2.45) is 17.8 Å². The van der Waals surface area contributed by atoms with E-state index >= 15 is 0 Å². The number of likely N-dealkylation sites (tertiary alicyclic amines) is 1. The largest absolute Gasteiger partial charge is 0.497 e. The lowest BCUT2D eigenvalue weighted by molar-refractivity contribution is -0.149. The zero-order valence-corrected chi connectivity index (χ0v) is 22.4. The van der Waals surface area contributed by atoms with Crippen molar-refractivity contribution in [3.8, 4) is 5.75 Å². The monoisotopic (exact) mass is 521 g/mol. The molecule has 3 aliphatic rings. The summed E-state index contributed by atoms with van der Waals surface area (Å²) in [7, 11) is 1.54. The van der Waals surface area contributed by atoms with Crippen LogP contribution in [0, 0.1) is 23.6 Å². The fraction of sp³-hybridized carbons (Fsp3) is 0.448. The number of fused-ring (bicyclic) bond motifs is 3. The Morgan fingerprint density at radius 2 is 1.66 bits per heavy atom. The number of benzene rings is 2. The minimum atomic E-state index is -1.60. The van der Waals surface area contributed by atoms with Crippen LogP contribution >= 0.6 is 0 Å². The maximum atomic E-state index is 14.4. The van der Waals surface area contributed by atoms with Gasteiger partial charge in [-0.05, 0) is 69.0 Å². The normalized spacial score (nSPS) is 27.1. The summed E-state index contributed by atoms with van der Waals surface area (Å²) in [4.78, 5) is 60.4. The molecular weight excluding hydrogens is 489 g/mol. The molecule has 5 rings (SSSR count). The third-order valence-electron chi connectivity index (χ3n) is 7.80. The quantitative estimate of drug-likeness (QED) is 0.426. The van der Waals surface area contributed by atoms with Crippen molar-refractivity contribution in [3.05, 3.63) is 59.9 Å². The number of hydrogen-bond acceptors (Lipinski definition) is 5. The van der Waals surface area contributed by atoms with Gasteiger partial charge in [-0.2, -0.15) is 0 Å². The predicted molar refractivity (Wildman–Crippen MR) is 138 cm³/mol. The zero-order valence-electron chi connectivity index (χ0n) is 22.4. The van der Waals surface area contributed by atoms with Gasteiger partial charge in [0.1, 0.15) is 17.1 Å². The first kappa shape index (κ1) is 25.9. The van der Waals surface area contributed by atoms with Crippen molar-refractivity contribution >= 4 is 29.4 Å². The van der Waals surface area contributed by atoms with Crippen molar-refractivity contribution in [3.63, 3.8) is 0 Å². The van der Waals surface area contributed by atoms with Crippen LogP contribution in [0.4, 0.5) is 14.9 Å². The van der Waals surface area contributed by atoms with Gasteiger partial charge >= 0.3 is 6.03 Å². The van der Waals surface area contributed by atoms with E-state index < -0.39 is 58.5 Å². The van der Waals surface area contributed by atoms with Gasteiger partial charge in [0.2, 0.25) is 11.8 Å². The Morgan fingerprint density at radius 1 is 1.00 bits per heavy atom. The second-order valence-corrected chi connectivity index (χ2v) is 11.7. The lowest BCUT2D eigenvalue weighted by Gasteiger charge is -2.38. The topological polar surface area (TPSA) is 87.2 Å². The number of imide groups is 2. The molecule has 3 fully saturated rings. The van der Waals surface area contributed by atoms with E-state index in [1.807, 2.05) is 13.8 Å². The summed E-state index contributed by atoms with van der Waals surface area (Å²) in [5.41, 5.74) is -1.71. The van der Waals surface area contributed by atoms with Gasteiger partial charge in [0.05, 0.1) is 30.7 Å². The Balaban J connectivity index is 1.77. The number of carbonyl (C=O) groups is 4. The number of nitrogens with zero attached hydrogens (tertiary/aromatic N) is 3. The highest BCUT2D eigenvalue weighted by molar-refractivity contribution is 6.27. The van der Waals surface area contributed by atoms with Gasteiger partial charge in [-0.3, -0.25) is 19.3 Å². The van der Waals surface area contributed by atoms with Crippen LogP contribution in [0.3, 0.4) is 0 Å². The van der Waals surface area contributed by atoms with E-state index in [9.17, 15) is 23.6 Å². The molecule has 9 heteroatoms. The summed E-state index contributed by atoms with van der Waals surface area (Å²) < 4.78 is 19.5. The molecule has 0 unspecified atom stereocenters. The first-order chi connectivity index (χ1) is 17.8. The Morgan fingerprint density at radius 3 is 2.21 bits per heavy atom. The summed E-state index contributed by atoms with van der Waals surface area (Å²) in [6, 6.07) is 10.7. The van der Waals surface area contributed by atoms with Gasteiger partial charge in [-0.25, -0.2) is 14.1 Å². The highest BCUT2D eigenvalue weighted by Crippen LogP contribution is 2.61. The standard InChI is InChI=1S/C29H32FN3O5/c1-16(2)15-29-22-21(24(34)33(25(22)35)28(3,4)5)23(17-10-12-20(38-6)13-11-17)32(29)27(37)31(26(29)36)19-9-7-8-18(30)14-19/h7-14,16,21-23H,15H2,1-6H3/t21-,22-,23-,29-/m1/s1. The number of halogens is 1. The molecule has 3 aliphatic heterocycles. The summed E-state index contributed by atoms with van der Waals surface area (Å²) in [6.07, 6.45) is 0.175. The van der Waals surface area contributed by atoms with E-state index in [4.69, 9.17) is 4.74 Å². The van der Waals surface area contributed by atoms with Crippen molar-refractivity contribution in [1.82, 2.24) is 9.80 Å². The molecule has 3 heterocycles. The molecule has 38 heavy (non-hydrogen) atoms. The molecule has 0 aliphatic carbocycles. The Labute approximate surface area is 221 Å². The lowest BCUT2D eigenvalue weighted by Crippen LogP contribution is -2.56. The van der Waals surface area contributed by atoms with Crippen LogP contribution in [-0.2, 0) is 14.4 Å². The third kappa shape index (κ3) is 3.47. The summed E-state index contributed by atoms with van der Waals surface area (Å²) in [5, 5.41) is 0. The molecule has 0 aromatic heterocycles. The maximum absolute atomic E-state index is 14.4. The third-order valence-corrected chi connectivity index (χ3v) is 7.80. The number of rotatable bonds is 5. The fourth-order valence-electron chi connectivity index (χ4n) is 6.58. The smallest absolute Gasteiger partial charge is 0.332 e. The van der Waals surface area contributed by atoms with E-state index in [1.165, 1.54) is 35.1 Å². The first-order valence-corrected chi connectivity index (χ1v) is 12.8. The van der Waals surface area contributed by atoms with E-state index in [1.54, 1.807) is 45.0 Å². The highest BCUT2D eigenvalue weighted by Gasteiger charge is 2.77. The molecule has 0 saturated carbocycles. The molecule has 0 bridgehead atoms. The second-order valence-electron chi connectivity index (χ2n) is 11.7. The fourth-order valence-corrected chi connectivity index (χ4v) is 6.58. The van der Waals surface area contributed by atoms with Crippen LogP contribution in [-0.4, -0.2) is 51.7 Å². The van der Waals surface area contributed by atoms with Crippen LogP contribution in [0.1, 0.15) is 52.6 Å². The summed E-state index contributed by atoms with van der Waals surface area (Å²) in [6.45, 7) is 9.15. The molecule has 2 aromatic rings. The Hall–Kier alpha value is -3.75. The average molecular weight is 522 g/mol. The number of amides is 5. The summed E-state index contributed by atoms with van der Waals surface area (Å²) >= 11 is 0. The number of hydrogen-bond donors (Lipinski definition) is 0.